The molecule has 1 aromatic rings. The van der Waals surface area contributed by atoms with Crippen molar-refractivity contribution in [3.05, 3.63) is 32.8 Å². The average molecular weight is 321 g/mol. The Bertz CT molecular complexity index is 400. The number of hydrogen-bond acceptors (Lipinski definition) is 3. The van der Waals surface area contributed by atoms with Crippen molar-refractivity contribution < 1.29 is 9.53 Å². The molecular formula is C12H15BrClNO2. The summed E-state index contributed by atoms with van der Waals surface area (Å²) in [5.74, 6) is -0.378. The Hall–Kier alpha value is -0.580. The molecule has 0 aromatic heterocycles. The molecule has 0 fully saturated rings. The summed E-state index contributed by atoms with van der Waals surface area (Å²) in [6, 6.07) is 3.16. The first kappa shape index (κ1) is 14.5. The Morgan fingerprint density at radius 1 is 1.59 bits per heavy atom. The maximum atomic E-state index is 11.4. The normalized spacial score (nSPS) is 12.3. The second-order valence-corrected chi connectivity index (χ2v) is 5.00. The third kappa shape index (κ3) is 3.98. The molecule has 0 amide bonds. The second-order valence-electron chi connectivity index (χ2n) is 3.77. The van der Waals surface area contributed by atoms with Crippen molar-refractivity contribution in [2.75, 3.05) is 6.61 Å². The highest BCUT2D eigenvalue weighted by Crippen LogP contribution is 2.27. The number of aryl methyl sites for hydroxylation is 1. The molecule has 3 nitrogen and oxygen atoms in total. The third-order valence-corrected chi connectivity index (χ3v) is 3.67. The summed E-state index contributed by atoms with van der Waals surface area (Å²) in [5, 5.41) is 0.679. The van der Waals surface area contributed by atoms with Crippen molar-refractivity contribution in [3.63, 3.8) is 0 Å². The number of rotatable bonds is 4. The molecule has 0 bridgehead atoms. The van der Waals surface area contributed by atoms with E-state index in [2.05, 4.69) is 15.9 Å². The highest BCUT2D eigenvalue weighted by molar-refractivity contribution is 9.10. The molecule has 1 rings (SSSR count). The van der Waals surface area contributed by atoms with Gasteiger partial charge in [0.2, 0.25) is 0 Å². The first-order valence-electron chi connectivity index (χ1n) is 5.32. The van der Waals surface area contributed by atoms with Gasteiger partial charge >= 0.3 is 5.97 Å². The highest BCUT2D eigenvalue weighted by atomic mass is 79.9. The lowest BCUT2D eigenvalue weighted by Crippen LogP contribution is -2.34. The molecule has 0 spiro atoms. The van der Waals surface area contributed by atoms with Gasteiger partial charge in [-0.2, -0.15) is 0 Å². The molecule has 94 valence electrons. The zero-order valence-corrected chi connectivity index (χ0v) is 12.1. The van der Waals surface area contributed by atoms with Crippen LogP contribution in [-0.4, -0.2) is 18.6 Å². The molecule has 1 atom stereocenters. The van der Waals surface area contributed by atoms with E-state index < -0.39 is 6.04 Å². The molecule has 0 saturated heterocycles. The maximum absolute atomic E-state index is 11.4. The lowest BCUT2D eigenvalue weighted by Gasteiger charge is -2.12. The van der Waals surface area contributed by atoms with Crippen LogP contribution in [0.25, 0.3) is 0 Å². The number of esters is 1. The number of benzene rings is 1. The predicted octanol–water partition coefficient (Wildman–Crippen LogP) is 2.84. The van der Waals surface area contributed by atoms with Crippen LogP contribution in [0.4, 0.5) is 0 Å². The van der Waals surface area contributed by atoms with Gasteiger partial charge in [0.25, 0.3) is 0 Å². The van der Waals surface area contributed by atoms with E-state index in [4.69, 9.17) is 22.1 Å². The van der Waals surface area contributed by atoms with Crippen LogP contribution >= 0.6 is 27.5 Å². The molecule has 1 aromatic carbocycles. The van der Waals surface area contributed by atoms with E-state index in [1.165, 1.54) is 0 Å². The van der Waals surface area contributed by atoms with Gasteiger partial charge in [-0.25, -0.2) is 0 Å². The summed E-state index contributed by atoms with van der Waals surface area (Å²) in [6.45, 7) is 4.01. The summed E-state index contributed by atoms with van der Waals surface area (Å²) in [5.41, 5.74) is 7.66. The average Bonchev–Trinajstić information content (AvgIpc) is 2.26. The van der Waals surface area contributed by atoms with Gasteiger partial charge in [-0.1, -0.05) is 17.7 Å². The summed E-state index contributed by atoms with van der Waals surface area (Å²) >= 11 is 9.39. The van der Waals surface area contributed by atoms with Crippen LogP contribution < -0.4 is 5.73 Å². The molecule has 2 N–H and O–H groups in total. The minimum atomic E-state index is -0.637. The summed E-state index contributed by atoms with van der Waals surface area (Å²) in [6.07, 6.45) is 0.440. The summed E-state index contributed by atoms with van der Waals surface area (Å²) in [4.78, 5) is 11.4. The van der Waals surface area contributed by atoms with Crippen molar-refractivity contribution in [2.45, 2.75) is 26.3 Å². The number of carbonyl (C=O) groups is 1. The smallest absolute Gasteiger partial charge is 0.323 e. The molecule has 0 radical (unpaired) electrons. The predicted molar refractivity (Wildman–Crippen MR) is 72.2 cm³/mol. The second kappa shape index (κ2) is 6.38. The van der Waals surface area contributed by atoms with Crippen LogP contribution in [0.3, 0.4) is 0 Å². The monoisotopic (exact) mass is 319 g/mol. The van der Waals surface area contributed by atoms with Gasteiger partial charge in [0.1, 0.15) is 6.04 Å². The Balaban J connectivity index is 2.78. The van der Waals surface area contributed by atoms with Crippen LogP contribution in [0.5, 0.6) is 0 Å². The Labute approximate surface area is 114 Å². The van der Waals surface area contributed by atoms with E-state index in [1.807, 2.05) is 19.1 Å². The number of halogens is 2. The fourth-order valence-corrected chi connectivity index (χ4v) is 2.22. The Morgan fingerprint density at radius 2 is 2.24 bits per heavy atom. The fourth-order valence-electron chi connectivity index (χ4n) is 1.50. The number of carbonyl (C=O) groups excluding carboxylic acids is 1. The van der Waals surface area contributed by atoms with Crippen LogP contribution in [0.1, 0.15) is 18.1 Å². The van der Waals surface area contributed by atoms with Crippen molar-refractivity contribution in [1.82, 2.24) is 0 Å². The van der Waals surface area contributed by atoms with Gasteiger partial charge < -0.3 is 10.5 Å². The molecular weight excluding hydrogens is 305 g/mol. The van der Waals surface area contributed by atoms with Gasteiger partial charge in [-0.3, -0.25) is 4.79 Å². The van der Waals surface area contributed by atoms with E-state index in [-0.39, 0.29) is 5.97 Å². The molecule has 0 aliphatic carbocycles. The van der Waals surface area contributed by atoms with Crippen LogP contribution in [-0.2, 0) is 16.0 Å². The minimum Gasteiger partial charge on any atom is -0.465 e. The molecule has 17 heavy (non-hydrogen) atoms. The summed E-state index contributed by atoms with van der Waals surface area (Å²) in [7, 11) is 0. The quantitative estimate of drug-likeness (QED) is 0.868. The van der Waals surface area contributed by atoms with Crippen LogP contribution in [0, 0.1) is 6.92 Å². The van der Waals surface area contributed by atoms with Gasteiger partial charge in [-0.05, 0) is 53.4 Å². The maximum Gasteiger partial charge on any atom is 0.323 e. The molecule has 5 heteroatoms. The molecule has 0 aliphatic heterocycles. The Morgan fingerprint density at radius 3 is 2.76 bits per heavy atom. The molecule has 0 saturated carbocycles. The zero-order valence-electron chi connectivity index (χ0n) is 9.80. The van der Waals surface area contributed by atoms with E-state index >= 15 is 0 Å². The zero-order chi connectivity index (χ0) is 13.0. The van der Waals surface area contributed by atoms with Gasteiger partial charge in [0, 0.05) is 4.47 Å². The van der Waals surface area contributed by atoms with Gasteiger partial charge in [-0.15, -0.1) is 0 Å². The SMILES string of the molecule is CCOC(=O)C(N)Cc1cc(C)c(Cl)c(Br)c1. The van der Waals surface area contributed by atoms with E-state index in [9.17, 15) is 4.79 Å². The largest absolute Gasteiger partial charge is 0.465 e. The van der Waals surface area contributed by atoms with Crippen molar-refractivity contribution in [2.24, 2.45) is 5.73 Å². The Kier molecular flexibility index (Phi) is 5.43. The van der Waals surface area contributed by atoms with E-state index in [1.54, 1.807) is 6.92 Å². The summed E-state index contributed by atoms with van der Waals surface area (Å²) < 4.78 is 5.67. The molecule has 0 aliphatic rings. The van der Waals surface area contributed by atoms with Gasteiger partial charge in [0.05, 0.1) is 11.6 Å². The first-order valence-corrected chi connectivity index (χ1v) is 6.49. The highest BCUT2D eigenvalue weighted by Gasteiger charge is 2.16. The number of nitrogens with two attached hydrogens (primary N) is 1. The molecule has 0 heterocycles. The molecule has 1 unspecified atom stereocenters. The first-order chi connectivity index (χ1) is 7.95. The van der Waals surface area contributed by atoms with Crippen LogP contribution in [0.15, 0.2) is 16.6 Å². The number of hydrogen-bond donors (Lipinski definition) is 1. The van der Waals surface area contributed by atoms with E-state index in [0.29, 0.717) is 18.1 Å². The lowest BCUT2D eigenvalue weighted by molar-refractivity contribution is -0.144. The van der Waals surface area contributed by atoms with E-state index in [0.717, 1.165) is 15.6 Å². The third-order valence-electron chi connectivity index (χ3n) is 2.31. The number of ether oxygens (including phenoxy) is 1. The minimum absolute atomic E-state index is 0.343. The van der Waals surface area contributed by atoms with Crippen molar-refractivity contribution >= 4 is 33.5 Å². The topological polar surface area (TPSA) is 52.3 Å². The lowest BCUT2D eigenvalue weighted by atomic mass is 10.0. The standard InChI is InChI=1S/C12H15BrClNO2/c1-3-17-12(16)10(15)6-8-4-7(2)11(14)9(13)5-8/h4-5,10H,3,6,15H2,1-2H3. The fraction of sp³-hybridized carbons (Fsp3) is 0.417. The van der Waals surface area contributed by atoms with Crippen LogP contribution in [0.2, 0.25) is 5.02 Å². The van der Waals surface area contributed by atoms with Crippen molar-refractivity contribution in [3.8, 4) is 0 Å². The van der Waals surface area contributed by atoms with Gasteiger partial charge in [0.15, 0.2) is 0 Å². The van der Waals surface area contributed by atoms with Crippen molar-refractivity contribution in [1.29, 1.82) is 0 Å².